The van der Waals surface area contributed by atoms with Gasteiger partial charge in [0.25, 0.3) is 0 Å². The highest BCUT2D eigenvalue weighted by Gasteiger charge is 2.40. The largest absolute Gasteiger partial charge is 0.412 e. The zero-order valence-corrected chi connectivity index (χ0v) is 19.2. The van der Waals surface area contributed by atoms with E-state index in [1.54, 1.807) is 0 Å². The number of carbonyl (C=O) groups is 1. The molecule has 2 amide bonds. The van der Waals surface area contributed by atoms with Crippen molar-refractivity contribution in [1.82, 2.24) is 20.4 Å². The number of halogens is 1. The van der Waals surface area contributed by atoms with Crippen LogP contribution < -0.4 is 10.6 Å². The Bertz CT molecular complexity index is 661. The first kappa shape index (κ1) is 25.8. The van der Waals surface area contributed by atoms with E-state index in [0.717, 1.165) is 45.6 Å². The average molecular weight is 457 g/mol. The van der Waals surface area contributed by atoms with Crippen LogP contribution in [0.25, 0.3) is 0 Å². The first-order valence-electron chi connectivity index (χ1n) is 10.9. The van der Waals surface area contributed by atoms with E-state index in [4.69, 9.17) is 9.47 Å². The Labute approximate surface area is 191 Å². The van der Waals surface area contributed by atoms with Crippen molar-refractivity contribution in [1.29, 1.82) is 0 Å². The monoisotopic (exact) mass is 456 g/mol. The van der Waals surface area contributed by atoms with Crippen LogP contribution in [-0.4, -0.2) is 92.5 Å². The fourth-order valence-corrected chi connectivity index (χ4v) is 4.74. The summed E-state index contributed by atoms with van der Waals surface area (Å²) in [5, 5.41) is 6.85. The summed E-state index contributed by atoms with van der Waals surface area (Å²) in [5.74, 6) is 0. The van der Waals surface area contributed by atoms with Crippen molar-refractivity contribution in [3.8, 4) is 0 Å². The number of nitrogens with one attached hydrogen (secondary N) is 2. The number of likely N-dealkylation sites (tertiary alicyclic amines) is 1. The summed E-state index contributed by atoms with van der Waals surface area (Å²) in [4.78, 5) is 17.4. The Morgan fingerprint density at radius 3 is 2.42 bits per heavy atom. The minimum absolute atomic E-state index is 0. The summed E-state index contributed by atoms with van der Waals surface area (Å²) < 4.78 is 11.4. The highest BCUT2D eigenvalue weighted by Crippen LogP contribution is 2.34. The number of amides is 2. The van der Waals surface area contributed by atoms with E-state index < -0.39 is 0 Å². The number of ether oxygens (including phenoxy) is 2. The molecule has 176 valence electrons. The van der Waals surface area contributed by atoms with Gasteiger partial charge in [0.15, 0.2) is 0 Å². The van der Waals surface area contributed by atoms with Crippen molar-refractivity contribution in [2.45, 2.75) is 37.5 Å². The molecule has 2 atom stereocenters. The molecular weight excluding hydrogens is 420 g/mol. The van der Waals surface area contributed by atoms with Gasteiger partial charge in [0.1, 0.15) is 0 Å². The van der Waals surface area contributed by atoms with E-state index in [2.05, 4.69) is 46.7 Å². The molecule has 0 saturated carbocycles. The Morgan fingerprint density at radius 1 is 1.13 bits per heavy atom. The topological polar surface area (TPSA) is 97.6 Å². The minimum atomic E-state index is -0.321. The summed E-state index contributed by atoms with van der Waals surface area (Å²) >= 11 is 0. The maximum absolute atomic E-state index is 13.0. The fraction of sp³-hybridized carbons (Fsp3) is 0.682. The molecule has 0 spiro atoms. The van der Waals surface area contributed by atoms with Crippen LogP contribution in [0, 0.1) is 0 Å². The van der Waals surface area contributed by atoms with Gasteiger partial charge >= 0.3 is 6.03 Å². The summed E-state index contributed by atoms with van der Waals surface area (Å²) in [6.45, 7) is 9.34. The van der Waals surface area contributed by atoms with Crippen LogP contribution in [0.4, 0.5) is 4.79 Å². The number of hydrogen-bond donors (Lipinski definition) is 2. The molecule has 3 aliphatic rings. The number of rotatable bonds is 4. The lowest BCUT2D eigenvalue weighted by atomic mass is 9.80. The molecule has 3 saturated heterocycles. The van der Waals surface area contributed by atoms with Gasteiger partial charge in [0.2, 0.25) is 0 Å². The molecule has 3 heterocycles. The van der Waals surface area contributed by atoms with Gasteiger partial charge in [0.05, 0.1) is 31.5 Å². The molecule has 0 radical (unpaired) electrons. The molecule has 9 heteroatoms. The second-order valence-corrected chi connectivity index (χ2v) is 8.37. The van der Waals surface area contributed by atoms with Gasteiger partial charge in [-0.2, -0.15) is 0 Å². The van der Waals surface area contributed by atoms with Crippen LogP contribution in [-0.2, 0) is 15.0 Å². The van der Waals surface area contributed by atoms with Gasteiger partial charge in [-0.25, -0.2) is 4.79 Å². The summed E-state index contributed by atoms with van der Waals surface area (Å²) in [6, 6.07) is 10.8. The molecule has 3 aliphatic heterocycles. The van der Waals surface area contributed by atoms with Crippen LogP contribution in [0.2, 0.25) is 0 Å². The van der Waals surface area contributed by atoms with E-state index in [-0.39, 0.29) is 35.6 Å². The maximum Gasteiger partial charge on any atom is 0.318 e. The molecule has 4 rings (SSSR count). The van der Waals surface area contributed by atoms with E-state index in [1.165, 1.54) is 5.56 Å². The molecule has 3 fully saturated rings. The quantitative estimate of drug-likeness (QED) is 0.704. The SMILES string of the molecule is CC(C1CNCCO1)N1CCC(NC(=O)N2CCOCC2)(c2ccccc2)CC1.Cl.O. The molecule has 1 aromatic rings. The Hall–Kier alpha value is -1.42. The normalized spacial score (nSPS) is 24.9. The minimum Gasteiger partial charge on any atom is -0.412 e. The van der Waals surface area contributed by atoms with Crippen molar-refractivity contribution >= 4 is 18.4 Å². The second kappa shape index (κ2) is 12.0. The van der Waals surface area contributed by atoms with Crippen LogP contribution >= 0.6 is 12.4 Å². The summed E-state index contributed by atoms with van der Waals surface area (Å²) in [6.07, 6.45) is 2.03. The average Bonchev–Trinajstić information content (AvgIpc) is 2.81. The maximum atomic E-state index is 13.0. The molecule has 8 nitrogen and oxygen atoms in total. The van der Waals surface area contributed by atoms with Crippen molar-refractivity contribution < 1.29 is 19.7 Å². The first-order valence-corrected chi connectivity index (χ1v) is 10.9. The zero-order chi connectivity index (χ0) is 20.1. The number of morpholine rings is 2. The highest BCUT2D eigenvalue weighted by molar-refractivity contribution is 5.85. The molecule has 0 aromatic heterocycles. The third kappa shape index (κ3) is 6.09. The van der Waals surface area contributed by atoms with Crippen LogP contribution in [0.5, 0.6) is 0 Å². The predicted molar refractivity (Wildman–Crippen MR) is 123 cm³/mol. The highest BCUT2D eigenvalue weighted by atomic mass is 35.5. The molecule has 0 aliphatic carbocycles. The molecule has 4 N–H and O–H groups in total. The van der Waals surface area contributed by atoms with E-state index >= 15 is 0 Å². The lowest BCUT2D eigenvalue weighted by molar-refractivity contribution is -0.0372. The van der Waals surface area contributed by atoms with Gasteiger partial charge < -0.3 is 30.5 Å². The van der Waals surface area contributed by atoms with Crippen LogP contribution in [0.15, 0.2) is 30.3 Å². The lowest BCUT2D eigenvalue weighted by Crippen LogP contribution is -2.60. The summed E-state index contributed by atoms with van der Waals surface area (Å²) in [7, 11) is 0. The smallest absolute Gasteiger partial charge is 0.318 e. The van der Waals surface area contributed by atoms with E-state index in [1.807, 2.05) is 11.0 Å². The van der Waals surface area contributed by atoms with E-state index in [9.17, 15) is 4.79 Å². The Morgan fingerprint density at radius 2 is 1.81 bits per heavy atom. The number of urea groups is 1. The lowest BCUT2D eigenvalue weighted by Gasteiger charge is -2.47. The van der Waals surface area contributed by atoms with Crippen LogP contribution in [0.1, 0.15) is 25.3 Å². The first-order chi connectivity index (χ1) is 14.2. The van der Waals surface area contributed by atoms with Crippen molar-refractivity contribution in [3.05, 3.63) is 35.9 Å². The van der Waals surface area contributed by atoms with Gasteiger partial charge in [-0.15, -0.1) is 12.4 Å². The van der Waals surface area contributed by atoms with Gasteiger partial charge in [-0.1, -0.05) is 30.3 Å². The molecule has 1 aromatic carbocycles. The Kier molecular flexibility index (Phi) is 9.99. The number of hydrogen-bond acceptors (Lipinski definition) is 5. The predicted octanol–water partition coefficient (Wildman–Crippen LogP) is 0.994. The molecule has 2 unspecified atom stereocenters. The number of piperidine rings is 1. The zero-order valence-electron chi connectivity index (χ0n) is 18.3. The van der Waals surface area contributed by atoms with E-state index in [0.29, 0.717) is 32.3 Å². The molecule has 0 bridgehead atoms. The third-order valence-electron chi connectivity index (χ3n) is 6.69. The van der Waals surface area contributed by atoms with Crippen molar-refractivity contribution in [2.24, 2.45) is 0 Å². The van der Waals surface area contributed by atoms with Gasteiger partial charge in [0, 0.05) is 45.3 Å². The summed E-state index contributed by atoms with van der Waals surface area (Å²) in [5.41, 5.74) is 0.878. The van der Waals surface area contributed by atoms with Gasteiger partial charge in [-0.05, 0) is 25.3 Å². The Balaban J connectivity index is 0.00000171. The van der Waals surface area contributed by atoms with Crippen LogP contribution in [0.3, 0.4) is 0 Å². The molecular formula is C22H37ClN4O4. The fourth-order valence-electron chi connectivity index (χ4n) is 4.74. The van der Waals surface area contributed by atoms with Crippen molar-refractivity contribution in [2.75, 3.05) is 59.1 Å². The number of nitrogens with zero attached hydrogens (tertiary/aromatic N) is 2. The standard InChI is InChI=1S/C22H34N4O3.ClH.H2O/c1-18(20-17-23-9-14-29-20)25-10-7-22(8-11-25,19-5-3-2-4-6-19)24-21(27)26-12-15-28-16-13-26;;/h2-6,18,20,23H,7-17H2,1H3,(H,24,27);1H;1H2. The van der Waals surface area contributed by atoms with Crippen molar-refractivity contribution in [3.63, 3.8) is 0 Å². The second-order valence-electron chi connectivity index (χ2n) is 8.37. The number of carbonyl (C=O) groups excluding carboxylic acids is 1. The van der Waals surface area contributed by atoms with Gasteiger partial charge in [-0.3, -0.25) is 4.90 Å². The molecule has 31 heavy (non-hydrogen) atoms. The third-order valence-corrected chi connectivity index (χ3v) is 6.69. The number of benzene rings is 1.